The molecule has 50 heavy (non-hydrogen) atoms. The van der Waals surface area contributed by atoms with E-state index in [1.165, 1.54) is 0 Å². The van der Waals surface area contributed by atoms with Gasteiger partial charge < -0.3 is 38.5 Å². The van der Waals surface area contributed by atoms with E-state index in [-0.39, 0.29) is 26.4 Å². The molecular formula is C41H51NO8. The standard InChI is InChI=1S/C41H51NO8/c1-41(2,3)50-40(43)42-35(30-46-26-31-18-10-6-11-19-31)36(47-27-32-20-12-7-13-21-32)37(48-28-33-22-14-8-15-23-33)38(39(44-4)45-5)49-29-34-24-16-9-17-25-34/h6-25,35-39H,26-30H2,1-5H3,(H,42,43)/t35-,36+,37-,38+/m0/s1. The Kier molecular flexibility index (Phi) is 15.9. The molecule has 268 valence electrons. The van der Waals surface area contributed by atoms with Crippen molar-refractivity contribution in [3.63, 3.8) is 0 Å². The number of carbonyl (C=O) groups is 1. The third-order valence-electron chi connectivity index (χ3n) is 7.74. The first-order chi connectivity index (χ1) is 24.3. The molecule has 9 heteroatoms. The van der Waals surface area contributed by atoms with E-state index in [2.05, 4.69) is 5.32 Å². The molecule has 4 atom stereocenters. The first-order valence-corrected chi connectivity index (χ1v) is 16.9. The van der Waals surface area contributed by atoms with Crippen molar-refractivity contribution in [1.29, 1.82) is 0 Å². The molecule has 0 aromatic heterocycles. The fraction of sp³-hybridized carbons (Fsp3) is 0.390. The Hall–Kier alpha value is -4.09. The summed E-state index contributed by atoms with van der Waals surface area (Å²) < 4.78 is 43.9. The fourth-order valence-electron chi connectivity index (χ4n) is 5.36. The first-order valence-electron chi connectivity index (χ1n) is 16.9. The summed E-state index contributed by atoms with van der Waals surface area (Å²) in [5.41, 5.74) is 3.11. The van der Waals surface area contributed by atoms with Gasteiger partial charge in [-0.3, -0.25) is 0 Å². The average Bonchev–Trinajstić information content (AvgIpc) is 3.12. The minimum atomic E-state index is -0.852. The van der Waals surface area contributed by atoms with E-state index in [9.17, 15) is 4.79 Å². The molecular weight excluding hydrogens is 634 g/mol. The van der Waals surface area contributed by atoms with Crippen molar-refractivity contribution in [3.05, 3.63) is 144 Å². The summed E-state index contributed by atoms with van der Waals surface area (Å²) in [5.74, 6) is 0. The van der Waals surface area contributed by atoms with Gasteiger partial charge in [-0.25, -0.2) is 4.79 Å². The number of amides is 1. The number of carbonyl (C=O) groups excluding carboxylic acids is 1. The molecule has 0 saturated carbocycles. The Labute approximate surface area is 296 Å². The lowest BCUT2D eigenvalue weighted by molar-refractivity contribution is -0.244. The average molecular weight is 686 g/mol. The SMILES string of the molecule is COC(OC)[C@H](OCc1ccccc1)[C@@H](OCc1ccccc1)[C@H](OCc1ccccc1)[C@H](COCc1ccccc1)NC(=O)OC(C)(C)C. The van der Waals surface area contributed by atoms with Gasteiger partial charge in [0, 0.05) is 14.2 Å². The number of alkyl carbamates (subject to hydrolysis) is 1. The maximum atomic E-state index is 13.4. The van der Waals surface area contributed by atoms with Crippen LogP contribution in [0.3, 0.4) is 0 Å². The molecule has 4 aromatic carbocycles. The van der Waals surface area contributed by atoms with E-state index < -0.39 is 42.3 Å². The molecule has 0 aliphatic carbocycles. The lowest BCUT2D eigenvalue weighted by atomic mass is 9.99. The smallest absolute Gasteiger partial charge is 0.408 e. The Bertz CT molecular complexity index is 1480. The zero-order valence-corrected chi connectivity index (χ0v) is 29.7. The minimum absolute atomic E-state index is 0.0782. The lowest BCUT2D eigenvalue weighted by Gasteiger charge is -2.40. The number of benzene rings is 4. The predicted octanol–water partition coefficient (Wildman–Crippen LogP) is 7.47. The Morgan fingerprint density at radius 1 is 0.560 bits per heavy atom. The maximum Gasteiger partial charge on any atom is 0.408 e. The Morgan fingerprint density at radius 2 is 0.940 bits per heavy atom. The van der Waals surface area contributed by atoms with Gasteiger partial charge in [0.15, 0.2) is 6.29 Å². The van der Waals surface area contributed by atoms with E-state index in [0.29, 0.717) is 6.61 Å². The molecule has 0 fully saturated rings. The number of hydrogen-bond donors (Lipinski definition) is 1. The first kappa shape index (κ1) is 38.7. The van der Waals surface area contributed by atoms with Crippen molar-refractivity contribution >= 4 is 6.09 Å². The Balaban J connectivity index is 1.75. The number of methoxy groups -OCH3 is 2. The van der Waals surface area contributed by atoms with Crippen molar-refractivity contribution in [2.75, 3.05) is 20.8 Å². The highest BCUT2D eigenvalue weighted by Crippen LogP contribution is 2.25. The van der Waals surface area contributed by atoms with Crippen LogP contribution >= 0.6 is 0 Å². The summed E-state index contributed by atoms with van der Waals surface area (Å²) in [7, 11) is 3.11. The molecule has 0 saturated heterocycles. The van der Waals surface area contributed by atoms with Crippen LogP contribution in [-0.4, -0.2) is 63.2 Å². The number of nitrogens with one attached hydrogen (secondary N) is 1. The summed E-state index contributed by atoms with van der Waals surface area (Å²) in [6, 6.07) is 38.6. The van der Waals surface area contributed by atoms with Gasteiger partial charge in [-0.1, -0.05) is 121 Å². The minimum Gasteiger partial charge on any atom is -0.444 e. The summed E-state index contributed by atoms with van der Waals surface area (Å²) in [6.45, 7) is 6.55. The van der Waals surface area contributed by atoms with Gasteiger partial charge in [0.05, 0.1) is 39.1 Å². The highest BCUT2D eigenvalue weighted by Gasteiger charge is 2.43. The van der Waals surface area contributed by atoms with Crippen LogP contribution in [0.4, 0.5) is 4.79 Å². The monoisotopic (exact) mass is 685 g/mol. The molecule has 0 radical (unpaired) electrons. The van der Waals surface area contributed by atoms with Gasteiger partial charge >= 0.3 is 6.09 Å². The second kappa shape index (κ2) is 20.6. The van der Waals surface area contributed by atoms with E-state index in [1.807, 2.05) is 142 Å². The Morgan fingerprint density at radius 3 is 1.34 bits per heavy atom. The molecule has 0 heterocycles. The summed E-state index contributed by atoms with van der Waals surface area (Å²) in [5, 5.41) is 3.05. The van der Waals surface area contributed by atoms with E-state index in [0.717, 1.165) is 22.3 Å². The maximum absolute atomic E-state index is 13.4. The molecule has 0 spiro atoms. The predicted molar refractivity (Wildman–Crippen MR) is 192 cm³/mol. The van der Waals surface area contributed by atoms with Crippen LogP contribution in [0.25, 0.3) is 0 Å². The van der Waals surface area contributed by atoms with Gasteiger partial charge in [0.1, 0.15) is 23.9 Å². The molecule has 9 nitrogen and oxygen atoms in total. The van der Waals surface area contributed by atoms with Crippen molar-refractivity contribution in [2.24, 2.45) is 0 Å². The second-order valence-electron chi connectivity index (χ2n) is 12.9. The van der Waals surface area contributed by atoms with Crippen LogP contribution in [0.5, 0.6) is 0 Å². The summed E-state index contributed by atoms with van der Waals surface area (Å²) in [6.07, 6.45) is -3.96. The molecule has 4 rings (SSSR count). The van der Waals surface area contributed by atoms with Crippen molar-refractivity contribution in [3.8, 4) is 0 Å². The number of hydrogen-bond acceptors (Lipinski definition) is 8. The van der Waals surface area contributed by atoms with Crippen LogP contribution in [0.1, 0.15) is 43.0 Å². The topological polar surface area (TPSA) is 93.7 Å². The molecule has 0 aliphatic heterocycles. The largest absolute Gasteiger partial charge is 0.444 e. The van der Waals surface area contributed by atoms with Gasteiger partial charge in [-0.05, 0) is 43.0 Å². The molecule has 0 aliphatic rings. The zero-order valence-electron chi connectivity index (χ0n) is 29.7. The third kappa shape index (κ3) is 13.3. The van der Waals surface area contributed by atoms with Crippen molar-refractivity contribution < 1.29 is 38.0 Å². The highest BCUT2D eigenvalue weighted by atomic mass is 16.7. The molecule has 1 N–H and O–H groups in total. The fourth-order valence-corrected chi connectivity index (χ4v) is 5.36. The molecule has 1 amide bonds. The van der Waals surface area contributed by atoms with Crippen LogP contribution in [0, 0.1) is 0 Å². The van der Waals surface area contributed by atoms with Crippen LogP contribution in [0.2, 0.25) is 0 Å². The normalized spacial score (nSPS) is 14.1. The molecule has 4 aromatic rings. The summed E-state index contributed by atoms with van der Waals surface area (Å²) >= 11 is 0. The van der Waals surface area contributed by atoms with Crippen LogP contribution in [0.15, 0.2) is 121 Å². The van der Waals surface area contributed by atoms with Crippen molar-refractivity contribution in [2.45, 2.75) is 83.4 Å². The number of ether oxygens (including phenoxy) is 7. The summed E-state index contributed by atoms with van der Waals surface area (Å²) in [4.78, 5) is 13.4. The van der Waals surface area contributed by atoms with Crippen molar-refractivity contribution in [1.82, 2.24) is 5.32 Å². The van der Waals surface area contributed by atoms with E-state index in [4.69, 9.17) is 33.2 Å². The van der Waals surface area contributed by atoms with E-state index in [1.54, 1.807) is 14.2 Å². The van der Waals surface area contributed by atoms with Crippen LogP contribution < -0.4 is 5.32 Å². The van der Waals surface area contributed by atoms with Gasteiger partial charge in [-0.2, -0.15) is 0 Å². The third-order valence-corrected chi connectivity index (χ3v) is 7.74. The van der Waals surface area contributed by atoms with Gasteiger partial charge in [0.2, 0.25) is 0 Å². The molecule has 0 unspecified atom stereocenters. The second-order valence-corrected chi connectivity index (χ2v) is 12.9. The van der Waals surface area contributed by atoms with Crippen LogP contribution in [-0.2, 0) is 59.6 Å². The quantitative estimate of drug-likeness (QED) is 0.0959. The molecule has 0 bridgehead atoms. The van der Waals surface area contributed by atoms with E-state index >= 15 is 0 Å². The number of rotatable bonds is 20. The highest BCUT2D eigenvalue weighted by molar-refractivity contribution is 5.68. The van der Waals surface area contributed by atoms with Gasteiger partial charge in [-0.15, -0.1) is 0 Å². The zero-order chi connectivity index (χ0) is 35.6. The lowest BCUT2D eigenvalue weighted by Crippen LogP contribution is -2.59. The van der Waals surface area contributed by atoms with Gasteiger partial charge in [0.25, 0.3) is 0 Å².